The molecule has 0 atom stereocenters. The van der Waals surface area contributed by atoms with E-state index < -0.39 is 0 Å². The molecule has 0 spiro atoms. The summed E-state index contributed by atoms with van der Waals surface area (Å²) in [4.78, 5) is 12.4. The SMILES string of the molecule is Cc1cc(C)n(CCC(=O)Nc2c(C)nn(Cc3ccc(Cl)cc3)c2C)n1. The van der Waals surface area contributed by atoms with E-state index in [4.69, 9.17) is 11.6 Å². The van der Waals surface area contributed by atoms with Gasteiger partial charge in [0.05, 0.1) is 29.3 Å². The van der Waals surface area contributed by atoms with Crippen molar-refractivity contribution in [2.75, 3.05) is 5.32 Å². The molecule has 0 bridgehead atoms. The number of carbonyl (C=O) groups is 1. The fraction of sp³-hybridized carbons (Fsp3) is 0.350. The van der Waals surface area contributed by atoms with Crippen molar-refractivity contribution < 1.29 is 4.79 Å². The van der Waals surface area contributed by atoms with Gasteiger partial charge in [-0.05, 0) is 51.5 Å². The van der Waals surface area contributed by atoms with Gasteiger partial charge in [-0.25, -0.2) is 0 Å². The molecule has 0 radical (unpaired) electrons. The Kier molecular flexibility index (Phi) is 5.65. The number of hydrogen-bond acceptors (Lipinski definition) is 3. The maximum Gasteiger partial charge on any atom is 0.226 e. The van der Waals surface area contributed by atoms with Gasteiger partial charge in [-0.3, -0.25) is 14.2 Å². The molecule has 0 saturated carbocycles. The minimum atomic E-state index is -0.0419. The van der Waals surface area contributed by atoms with Gasteiger partial charge in [-0.15, -0.1) is 0 Å². The number of anilines is 1. The Morgan fingerprint density at radius 3 is 2.41 bits per heavy atom. The molecular weight excluding hydrogens is 362 g/mol. The van der Waals surface area contributed by atoms with Crippen molar-refractivity contribution in [3.8, 4) is 0 Å². The maximum atomic E-state index is 12.4. The molecule has 1 amide bonds. The van der Waals surface area contributed by atoms with Crippen LogP contribution in [-0.2, 0) is 17.9 Å². The van der Waals surface area contributed by atoms with E-state index in [1.165, 1.54) is 0 Å². The van der Waals surface area contributed by atoms with Crippen LogP contribution in [0.3, 0.4) is 0 Å². The number of rotatable bonds is 6. The van der Waals surface area contributed by atoms with E-state index in [0.29, 0.717) is 24.5 Å². The molecule has 142 valence electrons. The smallest absolute Gasteiger partial charge is 0.226 e. The van der Waals surface area contributed by atoms with Gasteiger partial charge in [0.1, 0.15) is 0 Å². The number of carbonyl (C=O) groups excluding carboxylic acids is 1. The molecular formula is C20H24ClN5O. The van der Waals surface area contributed by atoms with Crippen LogP contribution in [0, 0.1) is 27.7 Å². The maximum absolute atomic E-state index is 12.4. The summed E-state index contributed by atoms with van der Waals surface area (Å²) in [7, 11) is 0. The fourth-order valence-electron chi connectivity index (χ4n) is 3.11. The molecule has 1 N–H and O–H groups in total. The summed E-state index contributed by atoms with van der Waals surface area (Å²) in [6.45, 7) is 9.00. The zero-order valence-corrected chi connectivity index (χ0v) is 16.8. The molecule has 0 saturated heterocycles. The van der Waals surface area contributed by atoms with E-state index in [9.17, 15) is 4.79 Å². The summed E-state index contributed by atoms with van der Waals surface area (Å²) < 4.78 is 3.76. The van der Waals surface area contributed by atoms with Crippen molar-refractivity contribution in [1.29, 1.82) is 0 Å². The first-order chi connectivity index (χ1) is 12.8. The molecule has 0 aliphatic heterocycles. The summed E-state index contributed by atoms with van der Waals surface area (Å²) in [6.07, 6.45) is 0.364. The van der Waals surface area contributed by atoms with Gasteiger partial charge in [0, 0.05) is 23.7 Å². The average molecular weight is 386 g/mol. The normalized spacial score (nSPS) is 11.0. The molecule has 0 fully saturated rings. The van der Waals surface area contributed by atoms with E-state index in [2.05, 4.69) is 15.5 Å². The second kappa shape index (κ2) is 7.96. The van der Waals surface area contributed by atoms with Gasteiger partial charge in [0.25, 0.3) is 0 Å². The summed E-state index contributed by atoms with van der Waals surface area (Å²) >= 11 is 5.94. The van der Waals surface area contributed by atoms with Gasteiger partial charge >= 0.3 is 0 Å². The molecule has 3 aromatic rings. The highest BCUT2D eigenvalue weighted by Crippen LogP contribution is 2.21. The Morgan fingerprint density at radius 1 is 1.07 bits per heavy atom. The first kappa shape index (κ1) is 19.2. The van der Waals surface area contributed by atoms with Crippen LogP contribution in [0.4, 0.5) is 5.69 Å². The van der Waals surface area contributed by atoms with Crippen LogP contribution >= 0.6 is 11.6 Å². The van der Waals surface area contributed by atoms with Crippen LogP contribution in [-0.4, -0.2) is 25.5 Å². The Morgan fingerprint density at radius 2 is 1.78 bits per heavy atom. The van der Waals surface area contributed by atoms with Crippen molar-refractivity contribution in [2.45, 2.75) is 47.2 Å². The largest absolute Gasteiger partial charge is 0.323 e. The van der Waals surface area contributed by atoms with Crippen LogP contribution in [0.2, 0.25) is 5.02 Å². The van der Waals surface area contributed by atoms with E-state index in [1.54, 1.807) is 0 Å². The summed E-state index contributed by atoms with van der Waals surface area (Å²) in [5.41, 5.74) is 5.64. The molecule has 6 nitrogen and oxygen atoms in total. The predicted octanol–water partition coefficient (Wildman–Crippen LogP) is 4.04. The first-order valence-corrected chi connectivity index (χ1v) is 9.30. The number of aryl methyl sites for hydroxylation is 4. The predicted molar refractivity (Wildman–Crippen MR) is 107 cm³/mol. The van der Waals surface area contributed by atoms with E-state index >= 15 is 0 Å². The zero-order valence-electron chi connectivity index (χ0n) is 16.1. The first-order valence-electron chi connectivity index (χ1n) is 8.93. The lowest BCUT2D eigenvalue weighted by Gasteiger charge is -2.08. The number of halogens is 1. The fourth-order valence-corrected chi connectivity index (χ4v) is 3.23. The number of aromatic nitrogens is 4. The Labute approximate surface area is 164 Å². The summed E-state index contributed by atoms with van der Waals surface area (Å²) in [6, 6.07) is 9.69. The number of amides is 1. The van der Waals surface area contributed by atoms with Crippen molar-refractivity contribution in [3.05, 3.63) is 63.7 Å². The van der Waals surface area contributed by atoms with Crippen molar-refractivity contribution in [2.24, 2.45) is 0 Å². The molecule has 2 heterocycles. The van der Waals surface area contributed by atoms with Gasteiger partial charge in [-0.1, -0.05) is 23.7 Å². The van der Waals surface area contributed by atoms with Gasteiger partial charge in [-0.2, -0.15) is 10.2 Å². The molecule has 0 unspecified atom stereocenters. The lowest BCUT2D eigenvalue weighted by molar-refractivity contribution is -0.116. The lowest BCUT2D eigenvalue weighted by atomic mass is 10.2. The van der Waals surface area contributed by atoms with Crippen molar-refractivity contribution >= 4 is 23.2 Å². The number of hydrogen-bond donors (Lipinski definition) is 1. The monoisotopic (exact) mass is 385 g/mol. The van der Waals surface area contributed by atoms with Crippen LogP contribution in [0.1, 0.15) is 34.8 Å². The number of nitrogens with one attached hydrogen (secondary N) is 1. The van der Waals surface area contributed by atoms with Crippen LogP contribution in [0.15, 0.2) is 30.3 Å². The molecule has 0 aliphatic carbocycles. The van der Waals surface area contributed by atoms with Gasteiger partial charge < -0.3 is 5.32 Å². The highest BCUT2D eigenvalue weighted by molar-refractivity contribution is 6.30. The minimum absolute atomic E-state index is 0.0419. The van der Waals surface area contributed by atoms with Gasteiger partial charge in [0.2, 0.25) is 5.91 Å². The summed E-state index contributed by atoms with van der Waals surface area (Å²) in [5, 5.41) is 12.7. The molecule has 0 aliphatic rings. The Bertz CT molecular complexity index is 956. The highest BCUT2D eigenvalue weighted by Gasteiger charge is 2.15. The lowest BCUT2D eigenvalue weighted by Crippen LogP contribution is -2.16. The standard InChI is InChI=1S/C20H24ClN5O/c1-13-11-14(2)25(23-13)10-9-19(27)22-20-15(3)24-26(16(20)4)12-17-5-7-18(21)8-6-17/h5-8,11H,9-10,12H2,1-4H3,(H,22,27). The third-order valence-electron chi connectivity index (χ3n) is 4.55. The third-order valence-corrected chi connectivity index (χ3v) is 4.80. The quantitative estimate of drug-likeness (QED) is 0.696. The number of nitrogens with zero attached hydrogens (tertiary/aromatic N) is 4. The Hall–Kier alpha value is -2.60. The Balaban J connectivity index is 1.66. The van der Waals surface area contributed by atoms with Crippen LogP contribution in [0.5, 0.6) is 0 Å². The average Bonchev–Trinajstić information content (AvgIpc) is 3.07. The van der Waals surface area contributed by atoms with E-state index in [-0.39, 0.29) is 5.91 Å². The van der Waals surface area contributed by atoms with Crippen molar-refractivity contribution in [3.63, 3.8) is 0 Å². The van der Waals surface area contributed by atoms with E-state index in [1.807, 2.05) is 67.4 Å². The second-order valence-corrected chi connectivity index (χ2v) is 7.21. The topological polar surface area (TPSA) is 64.7 Å². The molecule has 3 rings (SSSR count). The molecule has 1 aromatic carbocycles. The summed E-state index contributed by atoms with van der Waals surface area (Å²) in [5.74, 6) is -0.0419. The molecule has 2 aromatic heterocycles. The third kappa shape index (κ3) is 4.57. The van der Waals surface area contributed by atoms with Crippen LogP contribution in [0.25, 0.3) is 0 Å². The zero-order chi connectivity index (χ0) is 19.6. The van der Waals surface area contributed by atoms with E-state index in [0.717, 1.165) is 34.0 Å². The highest BCUT2D eigenvalue weighted by atomic mass is 35.5. The second-order valence-electron chi connectivity index (χ2n) is 6.78. The molecule has 7 heteroatoms. The minimum Gasteiger partial charge on any atom is -0.323 e. The number of benzene rings is 1. The van der Waals surface area contributed by atoms with Gasteiger partial charge in [0.15, 0.2) is 0 Å². The van der Waals surface area contributed by atoms with Crippen LogP contribution < -0.4 is 5.32 Å². The van der Waals surface area contributed by atoms with Crippen molar-refractivity contribution in [1.82, 2.24) is 19.6 Å². The molecule has 27 heavy (non-hydrogen) atoms.